The van der Waals surface area contributed by atoms with Gasteiger partial charge in [0.05, 0.1) is 5.02 Å². The van der Waals surface area contributed by atoms with Gasteiger partial charge >= 0.3 is 0 Å². The van der Waals surface area contributed by atoms with Crippen molar-refractivity contribution < 1.29 is 4.79 Å². The van der Waals surface area contributed by atoms with Gasteiger partial charge in [-0.1, -0.05) is 11.6 Å². The number of benzene rings is 2. The molecule has 20 heavy (non-hydrogen) atoms. The molecule has 3 nitrogen and oxygen atoms in total. The van der Waals surface area contributed by atoms with E-state index in [-0.39, 0.29) is 5.91 Å². The summed E-state index contributed by atoms with van der Waals surface area (Å²) in [6.07, 6.45) is 0.994. The van der Waals surface area contributed by atoms with Crippen LogP contribution in [0.3, 0.4) is 0 Å². The van der Waals surface area contributed by atoms with E-state index in [1.807, 2.05) is 24.3 Å². The quantitative estimate of drug-likeness (QED) is 0.746. The van der Waals surface area contributed by atoms with Crippen LogP contribution in [0, 0.1) is 3.57 Å². The van der Waals surface area contributed by atoms with Crippen LogP contribution >= 0.6 is 34.2 Å². The summed E-state index contributed by atoms with van der Waals surface area (Å²) in [6.45, 7) is 0.958. The summed E-state index contributed by atoms with van der Waals surface area (Å²) in [7, 11) is 0. The van der Waals surface area contributed by atoms with E-state index in [1.165, 1.54) is 5.56 Å². The molecule has 2 aromatic carbocycles. The predicted molar refractivity (Wildman–Crippen MR) is 90.8 cm³/mol. The maximum Gasteiger partial charge on any atom is 0.255 e. The van der Waals surface area contributed by atoms with Gasteiger partial charge in [-0.3, -0.25) is 4.79 Å². The minimum Gasteiger partial charge on any atom is -0.384 e. The molecule has 0 aromatic heterocycles. The number of anilines is 2. The number of halogens is 2. The highest BCUT2D eigenvalue weighted by Gasteiger charge is 2.12. The van der Waals surface area contributed by atoms with Gasteiger partial charge in [0, 0.05) is 27.1 Å². The molecule has 0 saturated heterocycles. The standard InChI is InChI=1S/C15H12ClIN2O/c16-12-8-10(1-3-13(12)17)15(20)19-11-2-4-14-9(7-11)5-6-18-14/h1-4,7-8,18H,5-6H2,(H,19,20). The Morgan fingerprint density at radius 1 is 1.25 bits per heavy atom. The monoisotopic (exact) mass is 398 g/mol. The van der Waals surface area contributed by atoms with Crippen LogP contribution in [0.5, 0.6) is 0 Å². The average molecular weight is 399 g/mol. The van der Waals surface area contributed by atoms with Gasteiger partial charge in [0.2, 0.25) is 0 Å². The van der Waals surface area contributed by atoms with Crippen LogP contribution in [-0.4, -0.2) is 12.5 Å². The topological polar surface area (TPSA) is 41.1 Å². The van der Waals surface area contributed by atoms with Gasteiger partial charge in [-0.2, -0.15) is 0 Å². The average Bonchev–Trinajstić information content (AvgIpc) is 2.89. The second-order valence-corrected chi connectivity index (χ2v) is 6.20. The van der Waals surface area contributed by atoms with Gasteiger partial charge < -0.3 is 10.6 Å². The molecule has 0 spiro atoms. The van der Waals surface area contributed by atoms with Crippen LogP contribution in [0.25, 0.3) is 0 Å². The molecule has 1 aliphatic rings. The van der Waals surface area contributed by atoms with E-state index in [2.05, 4.69) is 33.2 Å². The molecule has 2 aromatic rings. The van der Waals surface area contributed by atoms with Crippen LogP contribution in [0.1, 0.15) is 15.9 Å². The number of fused-ring (bicyclic) bond motifs is 1. The summed E-state index contributed by atoms with van der Waals surface area (Å²) < 4.78 is 0.935. The van der Waals surface area contributed by atoms with Crippen LogP contribution in [-0.2, 0) is 6.42 Å². The van der Waals surface area contributed by atoms with E-state index in [4.69, 9.17) is 11.6 Å². The number of nitrogens with one attached hydrogen (secondary N) is 2. The number of hydrogen-bond donors (Lipinski definition) is 2. The Labute approximate surface area is 135 Å². The molecular weight excluding hydrogens is 387 g/mol. The van der Waals surface area contributed by atoms with Crippen molar-refractivity contribution in [2.45, 2.75) is 6.42 Å². The molecule has 0 fully saturated rings. The largest absolute Gasteiger partial charge is 0.384 e. The van der Waals surface area contributed by atoms with Crippen molar-refractivity contribution in [2.24, 2.45) is 0 Å². The fourth-order valence-electron chi connectivity index (χ4n) is 2.22. The second kappa shape index (κ2) is 5.61. The molecule has 1 heterocycles. The predicted octanol–water partition coefficient (Wildman–Crippen LogP) is 4.16. The highest BCUT2D eigenvalue weighted by molar-refractivity contribution is 14.1. The zero-order valence-electron chi connectivity index (χ0n) is 10.5. The Hall–Kier alpha value is -1.27. The minimum atomic E-state index is -0.144. The highest BCUT2D eigenvalue weighted by atomic mass is 127. The van der Waals surface area contributed by atoms with Crippen molar-refractivity contribution in [1.29, 1.82) is 0 Å². The number of carbonyl (C=O) groups excluding carboxylic acids is 1. The van der Waals surface area contributed by atoms with E-state index in [0.29, 0.717) is 10.6 Å². The van der Waals surface area contributed by atoms with Crippen LogP contribution in [0.2, 0.25) is 5.02 Å². The molecular formula is C15H12ClIN2O. The van der Waals surface area contributed by atoms with Crippen LogP contribution < -0.4 is 10.6 Å². The molecule has 0 aliphatic carbocycles. The fourth-order valence-corrected chi connectivity index (χ4v) is 2.74. The Kier molecular flexibility index (Phi) is 3.85. The molecule has 5 heteroatoms. The van der Waals surface area contributed by atoms with Crippen molar-refractivity contribution in [3.63, 3.8) is 0 Å². The Balaban J connectivity index is 1.80. The van der Waals surface area contributed by atoms with E-state index in [1.54, 1.807) is 12.1 Å². The first kappa shape index (κ1) is 13.7. The van der Waals surface area contributed by atoms with Gasteiger partial charge in [0.1, 0.15) is 0 Å². The lowest BCUT2D eigenvalue weighted by molar-refractivity contribution is 0.102. The van der Waals surface area contributed by atoms with Crippen molar-refractivity contribution in [2.75, 3.05) is 17.2 Å². The molecule has 0 unspecified atom stereocenters. The van der Waals surface area contributed by atoms with Gasteiger partial charge in [0.15, 0.2) is 0 Å². The second-order valence-electron chi connectivity index (χ2n) is 4.63. The summed E-state index contributed by atoms with van der Waals surface area (Å²) in [5.41, 5.74) is 3.77. The summed E-state index contributed by atoms with van der Waals surface area (Å²) >= 11 is 8.18. The molecule has 1 aliphatic heterocycles. The van der Waals surface area contributed by atoms with Crippen LogP contribution in [0.4, 0.5) is 11.4 Å². The first-order chi connectivity index (χ1) is 9.63. The first-order valence-electron chi connectivity index (χ1n) is 6.27. The number of carbonyl (C=O) groups is 1. The van der Waals surface area contributed by atoms with E-state index >= 15 is 0 Å². The first-order valence-corrected chi connectivity index (χ1v) is 7.72. The Morgan fingerprint density at radius 2 is 2.10 bits per heavy atom. The lowest BCUT2D eigenvalue weighted by Gasteiger charge is -2.08. The normalized spacial score (nSPS) is 12.7. The maximum absolute atomic E-state index is 12.2. The number of hydrogen-bond acceptors (Lipinski definition) is 2. The van der Waals surface area contributed by atoms with Crippen molar-refractivity contribution in [1.82, 2.24) is 0 Å². The van der Waals surface area contributed by atoms with Gasteiger partial charge in [0.25, 0.3) is 5.91 Å². The third-order valence-corrected chi connectivity index (χ3v) is 4.83. The molecule has 0 atom stereocenters. The van der Waals surface area contributed by atoms with Gasteiger partial charge in [-0.25, -0.2) is 0 Å². The molecule has 2 N–H and O–H groups in total. The molecule has 0 saturated carbocycles. The lowest BCUT2D eigenvalue weighted by Crippen LogP contribution is -2.12. The zero-order valence-corrected chi connectivity index (χ0v) is 13.5. The molecule has 102 valence electrons. The smallest absolute Gasteiger partial charge is 0.255 e. The number of rotatable bonds is 2. The fraction of sp³-hybridized carbons (Fsp3) is 0.133. The van der Waals surface area contributed by atoms with E-state index < -0.39 is 0 Å². The third-order valence-electron chi connectivity index (χ3n) is 3.25. The minimum absolute atomic E-state index is 0.144. The van der Waals surface area contributed by atoms with Crippen molar-refractivity contribution >= 4 is 51.5 Å². The summed E-state index contributed by atoms with van der Waals surface area (Å²) in [5.74, 6) is -0.144. The highest BCUT2D eigenvalue weighted by Crippen LogP contribution is 2.26. The molecule has 1 amide bonds. The van der Waals surface area contributed by atoms with E-state index in [0.717, 1.165) is 27.9 Å². The molecule has 3 rings (SSSR count). The number of amides is 1. The summed E-state index contributed by atoms with van der Waals surface area (Å²) in [5, 5.41) is 6.80. The van der Waals surface area contributed by atoms with E-state index in [9.17, 15) is 4.79 Å². The third kappa shape index (κ3) is 2.76. The van der Waals surface area contributed by atoms with Crippen LogP contribution in [0.15, 0.2) is 36.4 Å². The summed E-state index contributed by atoms with van der Waals surface area (Å²) in [4.78, 5) is 12.2. The van der Waals surface area contributed by atoms with Gasteiger partial charge in [-0.15, -0.1) is 0 Å². The van der Waals surface area contributed by atoms with Gasteiger partial charge in [-0.05, 0) is 71.0 Å². The Morgan fingerprint density at radius 3 is 2.90 bits per heavy atom. The SMILES string of the molecule is O=C(Nc1ccc2c(c1)CCN2)c1ccc(I)c(Cl)c1. The summed E-state index contributed by atoms with van der Waals surface area (Å²) in [6, 6.07) is 11.2. The zero-order chi connectivity index (χ0) is 14.1. The van der Waals surface area contributed by atoms with Crippen molar-refractivity contribution in [3.8, 4) is 0 Å². The lowest BCUT2D eigenvalue weighted by atomic mass is 10.1. The maximum atomic E-state index is 12.2. The Bertz CT molecular complexity index is 688. The molecule has 0 radical (unpaired) electrons. The molecule has 0 bridgehead atoms. The van der Waals surface area contributed by atoms with Crippen molar-refractivity contribution in [3.05, 3.63) is 56.1 Å².